The number of hydrogen-bond donors (Lipinski definition) is 1. The van der Waals surface area contributed by atoms with Crippen molar-refractivity contribution in [3.63, 3.8) is 0 Å². The second-order valence-electron chi connectivity index (χ2n) is 6.82. The lowest BCUT2D eigenvalue weighted by Gasteiger charge is -2.52. The highest BCUT2D eigenvalue weighted by molar-refractivity contribution is 5.51. The Morgan fingerprint density at radius 2 is 2.10 bits per heavy atom. The molecule has 4 heteroatoms. The van der Waals surface area contributed by atoms with Gasteiger partial charge < -0.3 is 14.8 Å². The molecule has 2 atom stereocenters. The summed E-state index contributed by atoms with van der Waals surface area (Å²) < 4.78 is 25.0. The zero-order chi connectivity index (χ0) is 15.6. The molecule has 1 fully saturated rings. The van der Waals surface area contributed by atoms with E-state index in [2.05, 4.69) is 33.0 Å². The maximum atomic E-state index is 13.9. The van der Waals surface area contributed by atoms with Crippen LogP contribution in [0, 0.1) is 17.2 Å². The van der Waals surface area contributed by atoms with Crippen LogP contribution >= 0.6 is 0 Å². The average molecular weight is 295 g/mol. The third-order valence-electron chi connectivity index (χ3n) is 4.31. The zero-order valence-corrected chi connectivity index (χ0v) is 13.6. The molecule has 1 aromatic carbocycles. The second-order valence-corrected chi connectivity index (χ2v) is 6.82. The smallest absolute Gasteiger partial charge is 0.146 e. The highest BCUT2D eigenvalue weighted by Crippen LogP contribution is 2.45. The van der Waals surface area contributed by atoms with Crippen LogP contribution in [0.5, 0.6) is 5.75 Å². The van der Waals surface area contributed by atoms with Gasteiger partial charge in [0.05, 0.1) is 18.9 Å². The van der Waals surface area contributed by atoms with Crippen molar-refractivity contribution in [3.8, 4) is 5.75 Å². The Labute approximate surface area is 126 Å². The minimum absolute atomic E-state index is 0.00952. The van der Waals surface area contributed by atoms with Crippen molar-refractivity contribution in [1.82, 2.24) is 0 Å². The molecule has 118 valence electrons. The summed E-state index contributed by atoms with van der Waals surface area (Å²) in [6.07, 6.45) is 1.13. The van der Waals surface area contributed by atoms with E-state index in [9.17, 15) is 4.39 Å². The molecular weight excluding hydrogens is 269 g/mol. The number of hydrogen-bond acceptors (Lipinski definition) is 3. The topological polar surface area (TPSA) is 30.5 Å². The number of halogens is 1. The normalized spacial score (nSPS) is 23.8. The zero-order valence-electron chi connectivity index (χ0n) is 13.6. The van der Waals surface area contributed by atoms with Crippen LogP contribution in [0.1, 0.15) is 34.1 Å². The number of methoxy groups -OCH3 is 1. The largest absolute Gasteiger partial charge is 0.497 e. The van der Waals surface area contributed by atoms with Crippen molar-refractivity contribution in [2.24, 2.45) is 11.3 Å². The Balaban J connectivity index is 1.99. The fourth-order valence-corrected chi connectivity index (χ4v) is 2.65. The fourth-order valence-electron chi connectivity index (χ4n) is 2.65. The molecular formula is C17H26FNO2. The summed E-state index contributed by atoms with van der Waals surface area (Å²) in [5, 5.41) is 3.29. The Hall–Kier alpha value is -1.29. The lowest BCUT2D eigenvalue weighted by atomic mass is 9.64. The quantitative estimate of drug-likeness (QED) is 0.857. The predicted molar refractivity (Wildman–Crippen MR) is 83.3 cm³/mol. The van der Waals surface area contributed by atoms with Gasteiger partial charge >= 0.3 is 0 Å². The maximum absolute atomic E-state index is 13.9. The molecule has 0 bridgehead atoms. The molecule has 1 aliphatic rings. The van der Waals surface area contributed by atoms with E-state index in [0.717, 1.165) is 13.0 Å². The van der Waals surface area contributed by atoms with E-state index >= 15 is 0 Å². The Bertz CT molecular complexity index is 488. The first-order chi connectivity index (χ1) is 9.84. The molecule has 0 saturated heterocycles. The molecule has 0 aliphatic heterocycles. The molecule has 3 nitrogen and oxygen atoms in total. The molecule has 1 saturated carbocycles. The number of benzene rings is 1. The number of ether oxygens (including phenoxy) is 2. The van der Waals surface area contributed by atoms with Crippen molar-refractivity contribution in [3.05, 3.63) is 24.0 Å². The van der Waals surface area contributed by atoms with Gasteiger partial charge in [-0.15, -0.1) is 0 Å². The van der Waals surface area contributed by atoms with Crippen LogP contribution in [0.15, 0.2) is 18.2 Å². The molecule has 2 unspecified atom stereocenters. The number of anilines is 1. The van der Waals surface area contributed by atoms with Crippen LogP contribution in [0.2, 0.25) is 0 Å². The van der Waals surface area contributed by atoms with Gasteiger partial charge in [0, 0.05) is 24.1 Å². The predicted octanol–water partition coefficient (Wildman–Crippen LogP) is 4.09. The highest BCUT2D eigenvalue weighted by Gasteiger charge is 2.49. The lowest BCUT2D eigenvalue weighted by Crippen LogP contribution is -2.58. The second kappa shape index (κ2) is 6.22. The molecule has 0 aromatic heterocycles. The summed E-state index contributed by atoms with van der Waals surface area (Å²) >= 11 is 0. The van der Waals surface area contributed by atoms with E-state index in [1.165, 1.54) is 6.07 Å². The molecule has 0 heterocycles. The summed E-state index contributed by atoms with van der Waals surface area (Å²) in [4.78, 5) is 0. The standard InChI is InChI=1S/C17H26FNO2/c1-11(2)10-21-16-9-15(17(16,3)4)19-14-8-12(20-5)6-7-13(14)18/h6-8,11,15-16,19H,9-10H2,1-5H3. The van der Waals surface area contributed by atoms with Gasteiger partial charge in [0.2, 0.25) is 0 Å². The molecule has 0 spiro atoms. The molecule has 0 radical (unpaired) electrons. The van der Waals surface area contributed by atoms with Gasteiger partial charge in [-0.05, 0) is 24.5 Å². The van der Waals surface area contributed by atoms with Crippen LogP contribution in [0.3, 0.4) is 0 Å². The third-order valence-corrected chi connectivity index (χ3v) is 4.31. The summed E-state index contributed by atoms with van der Waals surface area (Å²) in [7, 11) is 1.58. The molecule has 0 amide bonds. The fraction of sp³-hybridized carbons (Fsp3) is 0.647. The van der Waals surface area contributed by atoms with E-state index in [1.807, 2.05) is 0 Å². The van der Waals surface area contributed by atoms with E-state index in [1.54, 1.807) is 19.2 Å². The number of rotatable bonds is 6. The molecule has 1 aliphatic carbocycles. The van der Waals surface area contributed by atoms with Gasteiger partial charge in [0.25, 0.3) is 0 Å². The van der Waals surface area contributed by atoms with Gasteiger partial charge in [0.1, 0.15) is 11.6 Å². The van der Waals surface area contributed by atoms with Crippen molar-refractivity contribution >= 4 is 5.69 Å². The third kappa shape index (κ3) is 3.49. The first-order valence-electron chi connectivity index (χ1n) is 7.56. The Kier molecular flexibility index (Phi) is 4.77. The highest BCUT2D eigenvalue weighted by atomic mass is 19.1. The van der Waals surface area contributed by atoms with Crippen LogP contribution in [-0.2, 0) is 4.74 Å². The van der Waals surface area contributed by atoms with Crippen LogP contribution in [-0.4, -0.2) is 25.9 Å². The monoisotopic (exact) mass is 295 g/mol. The summed E-state index contributed by atoms with van der Waals surface area (Å²) in [5.41, 5.74) is 0.486. The van der Waals surface area contributed by atoms with Gasteiger partial charge in [-0.3, -0.25) is 0 Å². The van der Waals surface area contributed by atoms with E-state index in [-0.39, 0.29) is 23.4 Å². The molecule has 21 heavy (non-hydrogen) atoms. The van der Waals surface area contributed by atoms with Gasteiger partial charge in [-0.25, -0.2) is 4.39 Å². The summed E-state index contributed by atoms with van der Waals surface area (Å²) in [6, 6.07) is 4.96. The van der Waals surface area contributed by atoms with Crippen LogP contribution < -0.4 is 10.1 Å². The lowest BCUT2D eigenvalue weighted by molar-refractivity contribution is -0.108. The molecule has 1 aromatic rings. The van der Waals surface area contributed by atoms with Gasteiger partial charge in [0.15, 0.2) is 0 Å². The Morgan fingerprint density at radius 3 is 2.67 bits per heavy atom. The average Bonchev–Trinajstić information content (AvgIpc) is 2.43. The van der Waals surface area contributed by atoms with Crippen molar-refractivity contribution in [1.29, 1.82) is 0 Å². The van der Waals surface area contributed by atoms with Crippen molar-refractivity contribution in [2.45, 2.75) is 46.3 Å². The Morgan fingerprint density at radius 1 is 1.38 bits per heavy atom. The van der Waals surface area contributed by atoms with E-state index < -0.39 is 0 Å². The first kappa shape index (κ1) is 16.1. The maximum Gasteiger partial charge on any atom is 0.146 e. The SMILES string of the molecule is COc1ccc(F)c(NC2CC(OCC(C)C)C2(C)C)c1. The van der Waals surface area contributed by atoms with Gasteiger partial charge in [-0.1, -0.05) is 27.7 Å². The minimum atomic E-state index is -0.252. The van der Waals surface area contributed by atoms with E-state index in [4.69, 9.17) is 9.47 Å². The van der Waals surface area contributed by atoms with E-state index in [0.29, 0.717) is 17.4 Å². The first-order valence-corrected chi connectivity index (χ1v) is 7.56. The summed E-state index contributed by atoms with van der Waals surface area (Å²) in [6.45, 7) is 9.39. The molecule has 2 rings (SSSR count). The van der Waals surface area contributed by atoms with Crippen molar-refractivity contribution < 1.29 is 13.9 Å². The van der Waals surface area contributed by atoms with Crippen LogP contribution in [0.4, 0.5) is 10.1 Å². The molecule has 1 N–H and O–H groups in total. The van der Waals surface area contributed by atoms with Gasteiger partial charge in [-0.2, -0.15) is 0 Å². The summed E-state index contributed by atoms with van der Waals surface area (Å²) in [5.74, 6) is 0.936. The van der Waals surface area contributed by atoms with Crippen LogP contribution in [0.25, 0.3) is 0 Å². The van der Waals surface area contributed by atoms with Crippen molar-refractivity contribution in [2.75, 3.05) is 19.0 Å². The minimum Gasteiger partial charge on any atom is -0.497 e. The number of nitrogens with one attached hydrogen (secondary N) is 1.